The number of carbonyl (C=O) groups excluding carboxylic acids is 2. The van der Waals surface area contributed by atoms with E-state index in [2.05, 4.69) is 5.10 Å². The molecule has 0 spiro atoms. The van der Waals surface area contributed by atoms with E-state index in [1.807, 2.05) is 43.3 Å². The molecule has 5 rings (SSSR count). The molecule has 164 valence electrons. The Hall–Kier alpha value is -3.61. The fourth-order valence-electron chi connectivity index (χ4n) is 4.35. The van der Waals surface area contributed by atoms with Gasteiger partial charge < -0.3 is 14.4 Å². The number of ketones is 1. The summed E-state index contributed by atoms with van der Waals surface area (Å²) in [4.78, 5) is 27.9. The predicted octanol–water partition coefficient (Wildman–Crippen LogP) is 3.69. The van der Waals surface area contributed by atoms with Crippen LogP contribution in [0.5, 0.6) is 11.5 Å². The molecule has 2 aliphatic rings. The van der Waals surface area contributed by atoms with Crippen molar-refractivity contribution in [2.45, 2.75) is 19.8 Å². The summed E-state index contributed by atoms with van der Waals surface area (Å²) in [6.07, 6.45) is 1.27. The predicted molar refractivity (Wildman–Crippen MR) is 119 cm³/mol. The molecule has 1 amide bonds. The Bertz CT molecular complexity index is 1150. The molecule has 1 saturated heterocycles. The van der Waals surface area contributed by atoms with Gasteiger partial charge in [-0.2, -0.15) is 5.10 Å². The Labute approximate surface area is 186 Å². The van der Waals surface area contributed by atoms with Crippen LogP contribution in [0.25, 0.3) is 5.69 Å². The van der Waals surface area contributed by atoms with Crippen molar-refractivity contribution in [2.75, 3.05) is 26.3 Å². The standard InChI is InChI=1S/C25H25N3O4/c1-17-15-21(26-28(17)20-5-3-2-4-6-20)25(30)27-11-9-18(10-12-27)24(29)19-7-8-22-23(16-19)32-14-13-31-22/h2-8,15-16,18H,9-14H2,1H3. The minimum Gasteiger partial charge on any atom is -0.486 e. The number of fused-ring (bicyclic) bond motifs is 1. The summed E-state index contributed by atoms with van der Waals surface area (Å²) < 4.78 is 12.9. The van der Waals surface area contributed by atoms with E-state index in [9.17, 15) is 9.59 Å². The highest BCUT2D eigenvalue weighted by molar-refractivity contribution is 5.99. The number of nitrogens with zero attached hydrogens (tertiary/aromatic N) is 3. The van der Waals surface area contributed by atoms with Crippen molar-refractivity contribution < 1.29 is 19.1 Å². The maximum absolute atomic E-state index is 13.0. The third-order valence-corrected chi connectivity index (χ3v) is 6.09. The van der Waals surface area contributed by atoms with Crippen molar-refractivity contribution in [3.63, 3.8) is 0 Å². The highest BCUT2D eigenvalue weighted by atomic mass is 16.6. The lowest BCUT2D eigenvalue weighted by Crippen LogP contribution is -2.40. The van der Waals surface area contributed by atoms with Crippen LogP contribution < -0.4 is 9.47 Å². The first-order valence-electron chi connectivity index (χ1n) is 11.0. The number of piperidine rings is 1. The van der Waals surface area contributed by atoms with Gasteiger partial charge in [0.15, 0.2) is 23.0 Å². The van der Waals surface area contributed by atoms with Gasteiger partial charge in [-0.05, 0) is 56.2 Å². The van der Waals surface area contributed by atoms with E-state index in [1.165, 1.54) is 0 Å². The number of rotatable bonds is 4. The van der Waals surface area contributed by atoms with Crippen LogP contribution in [-0.4, -0.2) is 52.7 Å². The van der Waals surface area contributed by atoms with Crippen LogP contribution in [0.3, 0.4) is 0 Å². The first-order chi connectivity index (χ1) is 15.6. The topological polar surface area (TPSA) is 73.7 Å². The molecule has 0 bridgehead atoms. The molecule has 32 heavy (non-hydrogen) atoms. The van der Waals surface area contributed by atoms with E-state index in [0.717, 1.165) is 11.4 Å². The van der Waals surface area contributed by atoms with E-state index < -0.39 is 0 Å². The van der Waals surface area contributed by atoms with Crippen molar-refractivity contribution >= 4 is 11.7 Å². The number of hydrogen-bond donors (Lipinski definition) is 0. The van der Waals surface area contributed by atoms with E-state index in [4.69, 9.17) is 9.47 Å². The second-order valence-electron chi connectivity index (χ2n) is 8.21. The first-order valence-corrected chi connectivity index (χ1v) is 11.0. The molecule has 3 heterocycles. The largest absolute Gasteiger partial charge is 0.486 e. The van der Waals surface area contributed by atoms with Crippen molar-refractivity contribution in [1.82, 2.24) is 14.7 Å². The van der Waals surface area contributed by atoms with Gasteiger partial charge in [-0.3, -0.25) is 9.59 Å². The van der Waals surface area contributed by atoms with Gasteiger partial charge in [0.1, 0.15) is 13.2 Å². The number of para-hydroxylation sites is 1. The zero-order chi connectivity index (χ0) is 22.1. The molecule has 0 atom stereocenters. The lowest BCUT2D eigenvalue weighted by molar-refractivity contribution is 0.0645. The number of hydrogen-bond acceptors (Lipinski definition) is 5. The molecule has 1 fully saturated rings. The van der Waals surface area contributed by atoms with Gasteiger partial charge in [-0.25, -0.2) is 4.68 Å². The molecule has 0 unspecified atom stereocenters. The van der Waals surface area contributed by atoms with E-state index in [1.54, 1.807) is 27.8 Å². The van der Waals surface area contributed by atoms with E-state index in [-0.39, 0.29) is 17.6 Å². The van der Waals surface area contributed by atoms with E-state index in [0.29, 0.717) is 61.9 Å². The third-order valence-electron chi connectivity index (χ3n) is 6.09. The summed E-state index contributed by atoms with van der Waals surface area (Å²) in [7, 11) is 0. The lowest BCUT2D eigenvalue weighted by atomic mass is 9.88. The van der Waals surface area contributed by atoms with Crippen molar-refractivity contribution in [2.24, 2.45) is 5.92 Å². The summed E-state index contributed by atoms with van der Waals surface area (Å²) in [5, 5.41) is 4.53. The van der Waals surface area contributed by atoms with Crippen LogP contribution >= 0.6 is 0 Å². The Morgan fingerprint density at radius 2 is 1.66 bits per heavy atom. The Morgan fingerprint density at radius 3 is 2.41 bits per heavy atom. The van der Waals surface area contributed by atoms with Gasteiger partial charge in [-0.1, -0.05) is 18.2 Å². The zero-order valence-corrected chi connectivity index (χ0v) is 18.0. The molecular weight excluding hydrogens is 406 g/mol. The normalized spacial score (nSPS) is 16.1. The quantitative estimate of drug-likeness (QED) is 0.589. The molecule has 0 N–H and O–H groups in total. The van der Waals surface area contributed by atoms with Gasteiger partial charge in [-0.15, -0.1) is 0 Å². The Kier molecular flexibility index (Phi) is 5.39. The second-order valence-corrected chi connectivity index (χ2v) is 8.21. The highest BCUT2D eigenvalue weighted by Gasteiger charge is 2.30. The number of Topliss-reactive ketones (excluding diaryl/α,β-unsaturated/α-hetero) is 1. The van der Waals surface area contributed by atoms with Gasteiger partial charge in [0.25, 0.3) is 5.91 Å². The van der Waals surface area contributed by atoms with Crippen LogP contribution in [0.4, 0.5) is 0 Å². The zero-order valence-electron chi connectivity index (χ0n) is 18.0. The summed E-state index contributed by atoms with van der Waals surface area (Å²) in [5.41, 5.74) is 2.90. The molecule has 7 heteroatoms. The van der Waals surface area contributed by atoms with Gasteiger partial charge in [0, 0.05) is 30.3 Å². The second kappa shape index (κ2) is 8.49. The maximum Gasteiger partial charge on any atom is 0.274 e. The SMILES string of the molecule is Cc1cc(C(=O)N2CCC(C(=O)c3ccc4c(c3)OCCO4)CC2)nn1-c1ccccc1. The number of aromatic nitrogens is 2. The fourth-order valence-corrected chi connectivity index (χ4v) is 4.35. The van der Waals surface area contributed by atoms with E-state index >= 15 is 0 Å². The van der Waals surface area contributed by atoms with Crippen LogP contribution in [0.15, 0.2) is 54.6 Å². The van der Waals surface area contributed by atoms with Crippen molar-refractivity contribution in [3.05, 3.63) is 71.5 Å². The number of ether oxygens (including phenoxy) is 2. The minimum absolute atomic E-state index is 0.0898. The maximum atomic E-state index is 13.0. The first kappa shape index (κ1) is 20.3. The molecule has 2 aliphatic heterocycles. The number of benzene rings is 2. The molecular formula is C25H25N3O4. The number of aryl methyl sites for hydroxylation is 1. The van der Waals surface area contributed by atoms with Crippen LogP contribution in [0, 0.1) is 12.8 Å². The fraction of sp³-hybridized carbons (Fsp3) is 0.320. The Morgan fingerprint density at radius 1 is 0.938 bits per heavy atom. The molecule has 2 aromatic carbocycles. The summed E-state index contributed by atoms with van der Waals surface area (Å²) in [6.45, 7) is 4.03. The average molecular weight is 431 g/mol. The summed E-state index contributed by atoms with van der Waals surface area (Å²) in [6, 6.07) is 17.0. The van der Waals surface area contributed by atoms with Gasteiger partial charge in [0.2, 0.25) is 0 Å². The highest BCUT2D eigenvalue weighted by Crippen LogP contribution is 2.32. The molecule has 0 saturated carbocycles. The van der Waals surface area contributed by atoms with Crippen LogP contribution in [0.2, 0.25) is 0 Å². The minimum atomic E-state index is -0.106. The smallest absolute Gasteiger partial charge is 0.274 e. The summed E-state index contributed by atoms with van der Waals surface area (Å²) >= 11 is 0. The summed E-state index contributed by atoms with van der Waals surface area (Å²) in [5.74, 6) is 1.20. The molecule has 3 aromatic rings. The van der Waals surface area contributed by atoms with Crippen LogP contribution in [0.1, 0.15) is 39.4 Å². The van der Waals surface area contributed by atoms with Crippen LogP contribution in [-0.2, 0) is 0 Å². The van der Waals surface area contributed by atoms with Gasteiger partial charge >= 0.3 is 0 Å². The third kappa shape index (κ3) is 3.86. The number of likely N-dealkylation sites (tertiary alicyclic amines) is 1. The molecule has 0 radical (unpaired) electrons. The lowest BCUT2D eigenvalue weighted by Gasteiger charge is -2.31. The molecule has 1 aromatic heterocycles. The monoisotopic (exact) mass is 431 g/mol. The van der Waals surface area contributed by atoms with Crippen molar-refractivity contribution in [3.8, 4) is 17.2 Å². The Balaban J connectivity index is 1.24. The average Bonchev–Trinajstić information content (AvgIpc) is 3.25. The van der Waals surface area contributed by atoms with Gasteiger partial charge in [0.05, 0.1) is 5.69 Å². The number of amides is 1. The van der Waals surface area contributed by atoms with Crippen molar-refractivity contribution in [1.29, 1.82) is 0 Å². The number of carbonyl (C=O) groups is 2. The molecule has 7 nitrogen and oxygen atoms in total. The molecule has 0 aliphatic carbocycles.